The monoisotopic (exact) mass is 466 g/mol. The Morgan fingerprint density at radius 1 is 0.879 bits per heavy atom. The van der Waals surface area contributed by atoms with Crippen molar-refractivity contribution in [1.29, 1.82) is 0 Å². The van der Waals surface area contributed by atoms with Crippen molar-refractivity contribution in [1.82, 2.24) is 0 Å². The molecule has 33 heavy (non-hydrogen) atoms. The van der Waals surface area contributed by atoms with E-state index >= 15 is 0 Å². The van der Waals surface area contributed by atoms with E-state index in [1.165, 1.54) is 63.5 Å². The largest absolute Gasteiger partial charge is 0.573 e. The molecule has 2 saturated carbocycles. The fourth-order valence-corrected chi connectivity index (χ4v) is 5.12. The highest BCUT2D eigenvalue weighted by atomic mass is 19.4. The van der Waals surface area contributed by atoms with Crippen LogP contribution in [0.15, 0.2) is 36.4 Å². The maximum atomic E-state index is 12.5. The third-order valence-electron chi connectivity index (χ3n) is 7.14. The molecule has 6 heteroatoms. The molecule has 1 aromatic rings. The molecule has 0 N–H and O–H groups in total. The van der Waals surface area contributed by atoms with E-state index in [1.54, 1.807) is 0 Å². The summed E-state index contributed by atoms with van der Waals surface area (Å²) in [6, 6.07) is 4.95. The predicted molar refractivity (Wildman–Crippen MR) is 123 cm³/mol. The summed E-state index contributed by atoms with van der Waals surface area (Å²) in [5.74, 6) is 1.61. The second-order valence-corrected chi connectivity index (χ2v) is 9.71. The number of hydrogen-bond acceptors (Lipinski definition) is 3. The van der Waals surface area contributed by atoms with Crippen molar-refractivity contribution in [3.63, 3.8) is 0 Å². The van der Waals surface area contributed by atoms with Crippen LogP contribution in [-0.2, 0) is 4.79 Å². The van der Waals surface area contributed by atoms with Crippen LogP contribution < -0.4 is 9.47 Å². The van der Waals surface area contributed by atoms with Crippen molar-refractivity contribution in [3.05, 3.63) is 36.4 Å². The van der Waals surface area contributed by atoms with Gasteiger partial charge < -0.3 is 9.47 Å². The normalized spacial score (nSPS) is 26.3. The highest BCUT2D eigenvalue weighted by Crippen LogP contribution is 2.35. The van der Waals surface area contributed by atoms with Crippen molar-refractivity contribution < 1.29 is 27.4 Å². The lowest BCUT2D eigenvalue weighted by Gasteiger charge is -2.28. The van der Waals surface area contributed by atoms with Crippen LogP contribution >= 0.6 is 0 Å². The molecule has 0 unspecified atom stereocenters. The van der Waals surface area contributed by atoms with Gasteiger partial charge in [-0.1, -0.05) is 44.8 Å². The van der Waals surface area contributed by atoms with Crippen molar-refractivity contribution in [3.8, 4) is 11.5 Å². The SMILES string of the molecule is CCCCCC1CCC(/C=C/C2CCC(C(=O)Oc3ccc(OC(F)(F)F)cc3)CC2)CC1. The van der Waals surface area contributed by atoms with E-state index in [9.17, 15) is 18.0 Å². The number of benzene rings is 1. The number of halogens is 3. The lowest BCUT2D eigenvalue weighted by molar-refractivity contribution is -0.274. The lowest BCUT2D eigenvalue weighted by atomic mass is 9.78. The van der Waals surface area contributed by atoms with E-state index in [1.807, 2.05) is 0 Å². The first-order valence-corrected chi connectivity index (χ1v) is 12.6. The van der Waals surface area contributed by atoms with Gasteiger partial charge >= 0.3 is 12.3 Å². The zero-order valence-corrected chi connectivity index (χ0v) is 19.6. The number of hydrogen-bond donors (Lipinski definition) is 0. The van der Waals surface area contributed by atoms with Gasteiger partial charge in [0.25, 0.3) is 0 Å². The van der Waals surface area contributed by atoms with Gasteiger partial charge in [-0.25, -0.2) is 0 Å². The minimum atomic E-state index is -4.74. The minimum absolute atomic E-state index is 0.153. The molecule has 2 aliphatic carbocycles. The molecule has 0 amide bonds. The molecular weight excluding hydrogens is 429 g/mol. The van der Waals surface area contributed by atoms with Crippen LogP contribution in [0.2, 0.25) is 0 Å². The van der Waals surface area contributed by atoms with Crippen molar-refractivity contribution >= 4 is 5.97 Å². The topological polar surface area (TPSA) is 35.5 Å². The summed E-state index contributed by atoms with van der Waals surface area (Å²) in [5.41, 5.74) is 0. The first-order valence-electron chi connectivity index (χ1n) is 12.6. The second-order valence-electron chi connectivity index (χ2n) is 9.71. The second kappa shape index (κ2) is 12.5. The molecular formula is C27H37F3O3. The van der Waals surface area contributed by atoms with Crippen LogP contribution in [0.1, 0.15) is 84.0 Å². The van der Waals surface area contributed by atoms with Gasteiger partial charge in [-0.2, -0.15) is 0 Å². The average molecular weight is 467 g/mol. The fraction of sp³-hybridized carbons (Fsp3) is 0.667. The van der Waals surface area contributed by atoms with Gasteiger partial charge in [0, 0.05) is 0 Å². The number of allylic oxidation sites excluding steroid dienone is 2. The summed E-state index contributed by atoms with van der Waals surface area (Å²) in [6.07, 6.45) is 14.4. The van der Waals surface area contributed by atoms with Gasteiger partial charge in [0.1, 0.15) is 11.5 Å². The highest BCUT2D eigenvalue weighted by molar-refractivity contribution is 5.75. The minimum Gasteiger partial charge on any atom is -0.426 e. The van der Waals surface area contributed by atoms with Crippen LogP contribution in [0.25, 0.3) is 0 Å². The molecule has 0 bridgehead atoms. The highest BCUT2D eigenvalue weighted by Gasteiger charge is 2.31. The molecule has 184 valence electrons. The number of carbonyl (C=O) groups is 1. The van der Waals surface area contributed by atoms with Crippen molar-refractivity contribution in [2.24, 2.45) is 23.7 Å². The van der Waals surface area contributed by atoms with Crippen LogP contribution in [-0.4, -0.2) is 12.3 Å². The maximum absolute atomic E-state index is 12.5. The Hall–Kier alpha value is -1.98. The summed E-state index contributed by atoms with van der Waals surface area (Å²) in [7, 11) is 0. The molecule has 0 saturated heterocycles. The molecule has 2 aliphatic rings. The molecule has 1 aromatic carbocycles. The Morgan fingerprint density at radius 3 is 1.97 bits per heavy atom. The number of esters is 1. The number of alkyl halides is 3. The first-order chi connectivity index (χ1) is 15.8. The Bertz CT molecular complexity index is 741. The quantitative estimate of drug-likeness (QED) is 0.159. The Balaban J connectivity index is 1.35. The molecule has 3 nitrogen and oxygen atoms in total. The first kappa shape index (κ1) is 25.6. The molecule has 0 radical (unpaired) electrons. The number of ether oxygens (including phenoxy) is 2. The average Bonchev–Trinajstić information content (AvgIpc) is 2.79. The van der Waals surface area contributed by atoms with E-state index < -0.39 is 6.36 Å². The summed E-state index contributed by atoms with van der Waals surface area (Å²) in [6.45, 7) is 2.26. The predicted octanol–water partition coefficient (Wildman–Crippen LogP) is 8.24. The number of unbranched alkanes of at least 4 members (excludes halogenated alkanes) is 2. The van der Waals surface area contributed by atoms with Gasteiger partial charge in [-0.3, -0.25) is 4.79 Å². The fourth-order valence-electron chi connectivity index (χ4n) is 5.12. The summed E-state index contributed by atoms with van der Waals surface area (Å²) in [5, 5.41) is 0. The van der Waals surface area contributed by atoms with E-state index in [0.717, 1.165) is 43.7 Å². The van der Waals surface area contributed by atoms with Crippen LogP contribution in [0, 0.1) is 23.7 Å². The molecule has 0 aromatic heterocycles. The standard InChI is InChI=1S/C27H37F3O3/c1-2-3-4-5-20-6-8-21(9-7-20)10-11-22-12-14-23(15-13-22)26(31)32-24-16-18-25(19-17-24)33-27(28,29)30/h10-11,16-23H,2-9,12-15H2,1H3/b11-10+. The Labute approximate surface area is 195 Å². The zero-order valence-electron chi connectivity index (χ0n) is 19.6. The Kier molecular flexibility index (Phi) is 9.69. The van der Waals surface area contributed by atoms with Gasteiger partial charge in [-0.15, -0.1) is 13.2 Å². The lowest BCUT2D eigenvalue weighted by Crippen LogP contribution is -2.25. The van der Waals surface area contributed by atoms with E-state index in [2.05, 4.69) is 23.8 Å². The van der Waals surface area contributed by atoms with Crippen molar-refractivity contribution in [2.75, 3.05) is 0 Å². The third kappa shape index (κ3) is 9.05. The molecule has 0 atom stereocenters. The van der Waals surface area contributed by atoms with Gasteiger partial charge in [0.15, 0.2) is 0 Å². The van der Waals surface area contributed by atoms with Gasteiger partial charge in [0.05, 0.1) is 5.92 Å². The molecule has 0 heterocycles. The zero-order chi connectivity index (χ0) is 23.7. The van der Waals surface area contributed by atoms with Crippen molar-refractivity contribution in [2.45, 2.75) is 90.3 Å². The van der Waals surface area contributed by atoms with E-state index in [-0.39, 0.29) is 23.4 Å². The molecule has 0 spiro atoms. The molecule has 3 rings (SSSR count). The summed E-state index contributed by atoms with van der Waals surface area (Å²) >= 11 is 0. The summed E-state index contributed by atoms with van der Waals surface area (Å²) < 4.78 is 45.9. The van der Waals surface area contributed by atoms with Crippen LogP contribution in [0.3, 0.4) is 0 Å². The Morgan fingerprint density at radius 2 is 1.42 bits per heavy atom. The third-order valence-corrected chi connectivity index (χ3v) is 7.14. The summed E-state index contributed by atoms with van der Waals surface area (Å²) in [4.78, 5) is 12.5. The van der Waals surface area contributed by atoms with E-state index in [4.69, 9.17) is 4.74 Å². The maximum Gasteiger partial charge on any atom is 0.573 e. The number of carbonyl (C=O) groups excluding carboxylic acids is 1. The van der Waals surface area contributed by atoms with Gasteiger partial charge in [0.2, 0.25) is 0 Å². The van der Waals surface area contributed by atoms with Crippen LogP contribution in [0.5, 0.6) is 11.5 Å². The van der Waals surface area contributed by atoms with Crippen LogP contribution in [0.4, 0.5) is 13.2 Å². The smallest absolute Gasteiger partial charge is 0.426 e. The molecule has 2 fully saturated rings. The van der Waals surface area contributed by atoms with E-state index in [0.29, 0.717) is 11.8 Å². The molecule has 0 aliphatic heterocycles. The van der Waals surface area contributed by atoms with Gasteiger partial charge in [-0.05, 0) is 93.4 Å². The number of rotatable bonds is 9.